The SMILES string of the molecule is CCCCC/C=C\C/C=C\CCCCCCCCCC(=O)OC(CO)COP(=O)(O)OCC(CO)OC(=O)CCC. The van der Waals surface area contributed by atoms with Gasteiger partial charge in [0.1, 0.15) is 12.2 Å². The number of ether oxygens (including phenoxy) is 2. The molecule has 0 heterocycles. The molecule has 0 bridgehead atoms. The molecule has 3 N–H and O–H groups in total. The average molecular weight is 607 g/mol. The zero-order valence-corrected chi connectivity index (χ0v) is 26.1. The number of hydrogen-bond acceptors (Lipinski definition) is 9. The fourth-order valence-corrected chi connectivity index (χ4v) is 4.55. The van der Waals surface area contributed by atoms with Crippen molar-refractivity contribution < 1.29 is 47.8 Å². The Morgan fingerprint density at radius 3 is 1.61 bits per heavy atom. The van der Waals surface area contributed by atoms with Crippen molar-refractivity contribution >= 4 is 19.8 Å². The van der Waals surface area contributed by atoms with Crippen LogP contribution in [0.4, 0.5) is 0 Å². The molecular formula is C30H55O10P. The van der Waals surface area contributed by atoms with E-state index in [9.17, 15) is 29.3 Å². The average Bonchev–Trinajstić information content (AvgIpc) is 2.95. The summed E-state index contributed by atoms with van der Waals surface area (Å²) in [5.41, 5.74) is 0. The molecule has 0 saturated carbocycles. The summed E-state index contributed by atoms with van der Waals surface area (Å²) in [5.74, 6) is -1.08. The van der Waals surface area contributed by atoms with Gasteiger partial charge in [0.25, 0.3) is 0 Å². The standard InChI is InChI=1S/C30H55O10P/c1-3-5-6-7-8-9-10-11-12-13-14-15-16-17-18-19-20-22-30(34)40-28(24-32)26-38-41(35,36)37-25-27(23-31)39-29(33)21-4-2/h8-9,11-12,27-28,31-32H,3-7,10,13-26H2,1-2H3,(H,35,36)/b9-8-,12-11-. The zero-order chi connectivity index (χ0) is 30.6. The fourth-order valence-electron chi connectivity index (χ4n) is 3.77. The summed E-state index contributed by atoms with van der Waals surface area (Å²) in [6.07, 6.45) is 22.1. The van der Waals surface area contributed by atoms with Crippen LogP contribution < -0.4 is 0 Å². The van der Waals surface area contributed by atoms with Crippen LogP contribution in [0.25, 0.3) is 0 Å². The topological polar surface area (TPSA) is 149 Å². The van der Waals surface area contributed by atoms with E-state index in [2.05, 4.69) is 31.2 Å². The van der Waals surface area contributed by atoms with Crippen LogP contribution in [-0.4, -0.2) is 65.7 Å². The number of carbonyl (C=O) groups excluding carboxylic acids is 2. The highest BCUT2D eigenvalue weighted by molar-refractivity contribution is 7.47. The Hall–Kier alpha value is -1.55. The van der Waals surface area contributed by atoms with Crippen LogP contribution in [0.5, 0.6) is 0 Å². The van der Waals surface area contributed by atoms with E-state index < -0.39 is 58.4 Å². The van der Waals surface area contributed by atoms with Crippen LogP contribution in [-0.2, 0) is 32.7 Å². The van der Waals surface area contributed by atoms with Gasteiger partial charge in [0.05, 0.1) is 26.4 Å². The molecule has 0 aliphatic heterocycles. The van der Waals surface area contributed by atoms with Crippen LogP contribution in [0.2, 0.25) is 0 Å². The Bertz CT molecular complexity index is 756. The number of rotatable bonds is 28. The summed E-state index contributed by atoms with van der Waals surface area (Å²) >= 11 is 0. The maximum Gasteiger partial charge on any atom is 0.472 e. The second-order valence-electron chi connectivity index (χ2n) is 10.1. The van der Waals surface area contributed by atoms with Gasteiger partial charge in [0.2, 0.25) is 0 Å². The number of phosphoric ester groups is 1. The van der Waals surface area contributed by atoms with Gasteiger partial charge in [-0.25, -0.2) is 4.57 Å². The van der Waals surface area contributed by atoms with Crippen molar-refractivity contribution in [3.05, 3.63) is 24.3 Å². The molecule has 0 saturated heterocycles. The third-order valence-electron chi connectivity index (χ3n) is 6.14. The molecule has 0 rings (SSSR count). The van der Waals surface area contributed by atoms with E-state index in [1.165, 1.54) is 44.9 Å². The van der Waals surface area contributed by atoms with Gasteiger partial charge in [-0.3, -0.25) is 18.6 Å². The molecule has 41 heavy (non-hydrogen) atoms. The van der Waals surface area contributed by atoms with Crippen LogP contribution >= 0.6 is 7.82 Å². The predicted octanol–water partition coefficient (Wildman–Crippen LogP) is 6.32. The van der Waals surface area contributed by atoms with E-state index >= 15 is 0 Å². The highest BCUT2D eigenvalue weighted by atomic mass is 31.2. The minimum absolute atomic E-state index is 0.142. The Morgan fingerprint density at radius 1 is 0.659 bits per heavy atom. The molecule has 0 aliphatic rings. The van der Waals surface area contributed by atoms with Gasteiger partial charge in [0.15, 0.2) is 0 Å². The highest BCUT2D eigenvalue weighted by Gasteiger charge is 2.27. The first kappa shape index (κ1) is 39.5. The first-order valence-corrected chi connectivity index (χ1v) is 16.8. The van der Waals surface area contributed by atoms with Gasteiger partial charge < -0.3 is 24.6 Å². The van der Waals surface area contributed by atoms with Crippen LogP contribution in [0.15, 0.2) is 24.3 Å². The minimum atomic E-state index is -4.60. The fraction of sp³-hybridized carbons (Fsp3) is 0.800. The summed E-state index contributed by atoms with van der Waals surface area (Å²) in [5, 5.41) is 18.7. The maximum absolute atomic E-state index is 12.1. The van der Waals surface area contributed by atoms with Gasteiger partial charge in [0, 0.05) is 12.8 Å². The summed E-state index contributed by atoms with van der Waals surface area (Å²) in [6, 6.07) is 0. The summed E-state index contributed by atoms with van der Waals surface area (Å²) in [6.45, 7) is 1.70. The highest BCUT2D eigenvalue weighted by Crippen LogP contribution is 2.43. The predicted molar refractivity (Wildman–Crippen MR) is 159 cm³/mol. The molecule has 0 radical (unpaired) electrons. The van der Waals surface area contributed by atoms with E-state index in [-0.39, 0.29) is 12.8 Å². The molecule has 0 fully saturated rings. The lowest BCUT2D eigenvalue weighted by atomic mass is 10.1. The van der Waals surface area contributed by atoms with Crippen molar-refractivity contribution in [1.82, 2.24) is 0 Å². The van der Waals surface area contributed by atoms with Crippen LogP contribution in [0.1, 0.15) is 117 Å². The number of aliphatic hydroxyl groups excluding tert-OH is 2. The van der Waals surface area contributed by atoms with E-state index in [1.807, 2.05) is 0 Å². The normalized spacial score (nSPS) is 14.8. The summed E-state index contributed by atoms with van der Waals surface area (Å²) in [4.78, 5) is 33.4. The maximum atomic E-state index is 12.1. The number of hydrogen-bond donors (Lipinski definition) is 3. The lowest BCUT2D eigenvalue weighted by Crippen LogP contribution is -2.28. The molecule has 0 aromatic carbocycles. The first-order valence-electron chi connectivity index (χ1n) is 15.3. The van der Waals surface area contributed by atoms with Crippen molar-refractivity contribution in [2.24, 2.45) is 0 Å². The molecule has 0 amide bonds. The summed E-state index contributed by atoms with van der Waals surface area (Å²) < 4.78 is 31.7. The molecule has 0 aromatic rings. The van der Waals surface area contributed by atoms with Gasteiger partial charge >= 0.3 is 19.8 Å². The van der Waals surface area contributed by atoms with Gasteiger partial charge in [-0.05, 0) is 44.9 Å². The van der Waals surface area contributed by atoms with Crippen molar-refractivity contribution in [3.63, 3.8) is 0 Å². The first-order chi connectivity index (χ1) is 19.8. The zero-order valence-electron chi connectivity index (χ0n) is 25.3. The number of allylic oxidation sites excluding steroid dienone is 4. The van der Waals surface area contributed by atoms with Crippen molar-refractivity contribution in [1.29, 1.82) is 0 Å². The number of phosphoric acid groups is 1. The largest absolute Gasteiger partial charge is 0.472 e. The Labute approximate surface area is 247 Å². The van der Waals surface area contributed by atoms with Crippen LogP contribution in [0.3, 0.4) is 0 Å². The van der Waals surface area contributed by atoms with Gasteiger partial charge in [-0.2, -0.15) is 0 Å². The number of unbranched alkanes of at least 4 members (excludes halogenated alkanes) is 10. The molecule has 0 aliphatic carbocycles. The molecule has 240 valence electrons. The molecule has 0 aromatic heterocycles. The smallest absolute Gasteiger partial charge is 0.457 e. The number of carbonyl (C=O) groups is 2. The third kappa shape index (κ3) is 25.9. The quantitative estimate of drug-likeness (QED) is 0.0400. The molecule has 10 nitrogen and oxygen atoms in total. The number of esters is 2. The van der Waals surface area contributed by atoms with E-state index in [0.717, 1.165) is 32.1 Å². The second-order valence-corrected chi connectivity index (χ2v) is 11.5. The van der Waals surface area contributed by atoms with Gasteiger partial charge in [-0.1, -0.05) is 83.1 Å². The second kappa shape index (κ2) is 27.3. The van der Waals surface area contributed by atoms with E-state index in [4.69, 9.17) is 18.5 Å². The Morgan fingerprint density at radius 2 is 1.12 bits per heavy atom. The molecular weight excluding hydrogens is 551 g/mol. The van der Waals surface area contributed by atoms with Gasteiger partial charge in [-0.15, -0.1) is 0 Å². The van der Waals surface area contributed by atoms with Crippen molar-refractivity contribution in [2.45, 2.75) is 129 Å². The van der Waals surface area contributed by atoms with Crippen LogP contribution in [0, 0.1) is 0 Å². The number of aliphatic hydroxyl groups is 2. The van der Waals surface area contributed by atoms with E-state index in [0.29, 0.717) is 12.8 Å². The molecule has 0 spiro atoms. The van der Waals surface area contributed by atoms with E-state index in [1.54, 1.807) is 6.92 Å². The van der Waals surface area contributed by atoms with Crippen molar-refractivity contribution in [3.8, 4) is 0 Å². The molecule has 3 atom stereocenters. The lowest BCUT2D eigenvalue weighted by Gasteiger charge is -2.20. The summed E-state index contributed by atoms with van der Waals surface area (Å²) in [7, 11) is -4.60. The lowest BCUT2D eigenvalue weighted by molar-refractivity contribution is -0.153. The molecule has 3 unspecified atom stereocenters. The Kier molecular flexibility index (Phi) is 26.3. The third-order valence-corrected chi connectivity index (χ3v) is 7.09. The molecule has 11 heteroatoms. The Balaban J connectivity index is 3.90. The minimum Gasteiger partial charge on any atom is -0.457 e. The van der Waals surface area contributed by atoms with Crippen molar-refractivity contribution in [2.75, 3.05) is 26.4 Å². The monoisotopic (exact) mass is 606 g/mol.